The van der Waals surface area contributed by atoms with Gasteiger partial charge in [0.1, 0.15) is 0 Å². The van der Waals surface area contributed by atoms with Crippen LogP contribution in [0.2, 0.25) is 0 Å². The average molecular weight is 325 g/mol. The van der Waals surface area contributed by atoms with E-state index in [1.54, 1.807) is 13.0 Å². The van der Waals surface area contributed by atoms with Gasteiger partial charge in [-0.3, -0.25) is 4.90 Å². The van der Waals surface area contributed by atoms with Gasteiger partial charge in [0, 0.05) is 26.2 Å². The van der Waals surface area contributed by atoms with Crippen molar-refractivity contribution in [2.75, 3.05) is 26.2 Å². The van der Waals surface area contributed by atoms with Crippen LogP contribution < -0.4 is 5.73 Å². The Morgan fingerprint density at radius 3 is 2.67 bits per heavy atom. The SMILES string of the molecule is Cc1cc(C(F)(F)F)ccc1CN1CCOC(CN)C1.Cl. The minimum Gasteiger partial charge on any atom is -0.374 e. The van der Waals surface area contributed by atoms with E-state index in [2.05, 4.69) is 4.90 Å². The summed E-state index contributed by atoms with van der Waals surface area (Å²) in [7, 11) is 0. The van der Waals surface area contributed by atoms with Crippen LogP contribution in [0.25, 0.3) is 0 Å². The number of hydrogen-bond acceptors (Lipinski definition) is 3. The van der Waals surface area contributed by atoms with Gasteiger partial charge in [-0.2, -0.15) is 13.2 Å². The second kappa shape index (κ2) is 7.45. The number of alkyl halides is 3. The fourth-order valence-electron chi connectivity index (χ4n) is 2.36. The minimum atomic E-state index is -4.28. The number of nitrogens with zero attached hydrogens (tertiary/aromatic N) is 1. The Kier molecular flexibility index (Phi) is 6.46. The van der Waals surface area contributed by atoms with Crippen molar-refractivity contribution < 1.29 is 17.9 Å². The normalized spacial score (nSPS) is 20.1. The molecule has 1 aromatic rings. The monoisotopic (exact) mass is 324 g/mol. The molecule has 0 bridgehead atoms. The van der Waals surface area contributed by atoms with Gasteiger partial charge in [-0.1, -0.05) is 6.07 Å². The number of rotatable bonds is 3. The Morgan fingerprint density at radius 1 is 1.38 bits per heavy atom. The molecule has 1 unspecified atom stereocenters. The van der Waals surface area contributed by atoms with E-state index in [4.69, 9.17) is 10.5 Å². The first kappa shape index (κ1) is 18.2. The topological polar surface area (TPSA) is 38.5 Å². The summed E-state index contributed by atoms with van der Waals surface area (Å²) in [4.78, 5) is 2.16. The molecule has 0 saturated carbocycles. The summed E-state index contributed by atoms with van der Waals surface area (Å²) in [5.74, 6) is 0. The fraction of sp³-hybridized carbons (Fsp3) is 0.571. The van der Waals surface area contributed by atoms with Crippen LogP contribution >= 0.6 is 12.4 Å². The van der Waals surface area contributed by atoms with Gasteiger partial charge in [-0.25, -0.2) is 0 Å². The molecule has 1 saturated heterocycles. The first-order valence-electron chi connectivity index (χ1n) is 6.61. The summed E-state index contributed by atoms with van der Waals surface area (Å²) in [5.41, 5.74) is 6.56. The summed E-state index contributed by atoms with van der Waals surface area (Å²) in [6, 6.07) is 3.91. The number of ether oxygens (including phenoxy) is 1. The largest absolute Gasteiger partial charge is 0.416 e. The molecule has 1 fully saturated rings. The van der Waals surface area contributed by atoms with Gasteiger partial charge in [0.15, 0.2) is 0 Å². The molecule has 21 heavy (non-hydrogen) atoms. The van der Waals surface area contributed by atoms with Crippen LogP contribution in [0.15, 0.2) is 18.2 Å². The maximum absolute atomic E-state index is 12.6. The lowest BCUT2D eigenvalue weighted by Gasteiger charge is -2.32. The van der Waals surface area contributed by atoms with Crippen molar-refractivity contribution in [3.05, 3.63) is 34.9 Å². The molecule has 2 N–H and O–H groups in total. The summed E-state index contributed by atoms with van der Waals surface area (Å²) in [6.45, 7) is 4.91. The van der Waals surface area contributed by atoms with Gasteiger partial charge < -0.3 is 10.5 Å². The van der Waals surface area contributed by atoms with Crippen molar-refractivity contribution in [1.29, 1.82) is 0 Å². The number of halogens is 4. The van der Waals surface area contributed by atoms with Crippen LogP contribution in [0.5, 0.6) is 0 Å². The molecule has 0 aliphatic carbocycles. The molecule has 1 heterocycles. The van der Waals surface area contributed by atoms with E-state index in [1.807, 2.05) is 0 Å². The van der Waals surface area contributed by atoms with Crippen molar-refractivity contribution in [3.8, 4) is 0 Å². The van der Waals surface area contributed by atoms with Crippen molar-refractivity contribution in [3.63, 3.8) is 0 Å². The summed E-state index contributed by atoms with van der Waals surface area (Å²) in [6.07, 6.45) is -4.27. The highest BCUT2D eigenvalue weighted by atomic mass is 35.5. The summed E-state index contributed by atoms with van der Waals surface area (Å²) in [5, 5.41) is 0. The average Bonchev–Trinajstić information content (AvgIpc) is 2.40. The molecule has 2 rings (SSSR count). The molecule has 1 aliphatic heterocycles. The van der Waals surface area contributed by atoms with E-state index in [9.17, 15) is 13.2 Å². The zero-order chi connectivity index (χ0) is 14.8. The van der Waals surface area contributed by atoms with Gasteiger partial charge in [0.05, 0.1) is 18.3 Å². The first-order valence-corrected chi connectivity index (χ1v) is 6.61. The van der Waals surface area contributed by atoms with Crippen LogP contribution in [0.3, 0.4) is 0 Å². The zero-order valence-corrected chi connectivity index (χ0v) is 12.6. The standard InChI is InChI=1S/C14H19F3N2O.ClH/c1-10-6-12(14(15,16)17)3-2-11(10)8-19-4-5-20-13(7-18)9-19;/h2-3,6,13H,4-5,7-9,18H2,1H3;1H. The molecule has 0 aromatic heterocycles. The van der Waals surface area contributed by atoms with E-state index < -0.39 is 11.7 Å². The lowest BCUT2D eigenvalue weighted by molar-refractivity contribution is -0.137. The third kappa shape index (κ3) is 4.85. The van der Waals surface area contributed by atoms with Gasteiger partial charge in [0.2, 0.25) is 0 Å². The second-order valence-electron chi connectivity index (χ2n) is 5.10. The highest BCUT2D eigenvalue weighted by molar-refractivity contribution is 5.85. The molecule has 0 amide bonds. The molecule has 1 aliphatic rings. The van der Waals surface area contributed by atoms with E-state index in [1.165, 1.54) is 6.07 Å². The molecule has 120 valence electrons. The molecular weight excluding hydrogens is 305 g/mol. The number of nitrogens with two attached hydrogens (primary N) is 1. The molecule has 1 atom stereocenters. The number of hydrogen-bond donors (Lipinski definition) is 1. The van der Waals surface area contributed by atoms with Crippen molar-refractivity contribution in [1.82, 2.24) is 4.90 Å². The summed E-state index contributed by atoms with van der Waals surface area (Å²) >= 11 is 0. The Bertz CT molecular complexity index is 468. The van der Waals surface area contributed by atoms with Gasteiger partial charge in [-0.15, -0.1) is 12.4 Å². The van der Waals surface area contributed by atoms with Gasteiger partial charge in [0.25, 0.3) is 0 Å². The summed E-state index contributed by atoms with van der Waals surface area (Å²) < 4.78 is 43.3. The third-order valence-corrected chi connectivity index (χ3v) is 3.55. The Labute approximate surface area is 128 Å². The van der Waals surface area contributed by atoms with E-state index in [0.29, 0.717) is 25.3 Å². The van der Waals surface area contributed by atoms with E-state index in [-0.39, 0.29) is 18.5 Å². The Balaban J connectivity index is 0.00000220. The first-order chi connectivity index (χ1) is 9.40. The van der Waals surface area contributed by atoms with Crippen LogP contribution in [0, 0.1) is 6.92 Å². The van der Waals surface area contributed by atoms with E-state index >= 15 is 0 Å². The highest BCUT2D eigenvalue weighted by Crippen LogP contribution is 2.30. The predicted molar refractivity (Wildman–Crippen MR) is 77.5 cm³/mol. The molecule has 0 spiro atoms. The molecule has 1 aromatic carbocycles. The van der Waals surface area contributed by atoms with Crippen LogP contribution in [0.4, 0.5) is 13.2 Å². The maximum Gasteiger partial charge on any atom is 0.416 e. The smallest absolute Gasteiger partial charge is 0.374 e. The van der Waals surface area contributed by atoms with Crippen LogP contribution in [0.1, 0.15) is 16.7 Å². The molecule has 3 nitrogen and oxygen atoms in total. The number of benzene rings is 1. The molecule has 7 heteroatoms. The second-order valence-corrected chi connectivity index (χ2v) is 5.10. The Morgan fingerprint density at radius 2 is 2.10 bits per heavy atom. The number of aryl methyl sites for hydroxylation is 1. The number of morpholine rings is 1. The van der Waals surface area contributed by atoms with Gasteiger partial charge >= 0.3 is 6.18 Å². The quantitative estimate of drug-likeness (QED) is 0.929. The van der Waals surface area contributed by atoms with Crippen LogP contribution in [-0.4, -0.2) is 37.2 Å². The lowest BCUT2D eigenvalue weighted by Crippen LogP contribution is -2.45. The zero-order valence-electron chi connectivity index (χ0n) is 11.8. The maximum atomic E-state index is 12.6. The Hall–Kier alpha value is -0.820. The molecular formula is C14H20ClF3N2O. The third-order valence-electron chi connectivity index (χ3n) is 3.55. The molecule has 0 radical (unpaired) electrons. The minimum absolute atomic E-state index is 0. The van der Waals surface area contributed by atoms with Crippen molar-refractivity contribution in [2.24, 2.45) is 5.73 Å². The fourth-order valence-corrected chi connectivity index (χ4v) is 2.36. The van der Waals surface area contributed by atoms with Crippen molar-refractivity contribution in [2.45, 2.75) is 25.7 Å². The van der Waals surface area contributed by atoms with Crippen LogP contribution in [-0.2, 0) is 17.5 Å². The van der Waals surface area contributed by atoms with Gasteiger partial charge in [-0.05, 0) is 30.2 Å². The predicted octanol–water partition coefficient (Wildman–Crippen LogP) is 2.60. The van der Waals surface area contributed by atoms with E-state index in [0.717, 1.165) is 24.7 Å². The highest BCUT2D eigenvalue weighted by Gasteiger charge is 2.30. The lowest BCUT2D eigenvalue weighted by atomic mass is 10.0. The van der Waals surface area contributed by atoms with Crippen molar-refractivity contribution >= 4 is 12.4 Å².